The molecule has 1 fully saturated rings. The van der Waals surface area contributed by atoms with Gasteiger partial charge in [0.1, 0.15) is 30.2 Å². The molecular weight excluding hydrogens is 446 g/mol. The van der Waals surface area contributed by atoms with Crippen molar-refractivity contribution in [3.05, 3.63) is 42.5 Å². The number of carbonyl (C=O) groups is 1. The molecule has 14 nitrogen and oxygen atoms in total. The molecule has 3 aromatic rings. The molecule has 32 heavy (non-hydrogen) atoms. The summed E-state index contributed by atoms with van der Waals surface area (Å²) in [4.78, 5) is 24.0. The topological polar surface area (TPSA) is 218 Å². The van der Waals surface area contributed by atoms with Crippen LogP contribution in [-0.2, 0) is 19.2 Å². The molecule has 2 aromatic heterocycles. The van der Waals surface area contributed by atoms with Crippen molar-refractivity contribution in [1.29, 1.82) is 0 Å². The van der Waals surface area contributed by atoms with Gasteiger partial charge in [-0.2, -0.15) is 8.42 Å². The van der Waals surface area contributed by atoms with Gasteiger partial charge in [0.2, 0.25) is 0 Å². The molecule has 0 saturated carbocycles. The van der Waals surface area contributed by atoms with E-state index in [9.17, 15) is 23.4 Å². The van der Waals surface area contributed by atoms with Crippen LogP contribution in [0.2, 0.25) is 0 Å². The normalized spacial score (nSPS) is 23.4. The van der Waals surface area contributed by atoms with Gasteiger partial charge in [-0.15, -0.1) is 0 Å². The summed E-state index contributed by atoms with van der Waals surface area (Å²) in [5, 5.41) is 20.7. The molecule has 1 aliphatic rings. The lowest BCUT2D eigenvalue weighted by Gasteiger charge is -2.16. The summed E-state index contributed by atoms with van der Waals surface area (Å²) >= 11 is 0. The van der Waals surface area contributed by atoms with E-state index in [1.807, 2.05) is 0 Å². The lowest BCUT2D eigenvalue weighted by Crippen LogP contribution is -2.37. The van der Waals surface area contributed by atoms with Crippen molar-refractivity contribution in [3.63, 3.8) is 0 Å². The Morgan fingerprint density at radius 2 is 1.88 bits per heavy atom. The SMILES string of the molecule is Nc1ccc(C(=O)NS(=O)(=O)OC[C@H]2O[C@@H](n3cnc4c(N)ncnc43)[C@H](O)[C@@H]2O)cc1. The number of carbonyl (C=O) groups excluding carboxylic acids is 1. The predicted molar refractivity (Wildman–Crippen MR) is 109 cm³/mol. The average molecular weight is 465 g/mol. The highest BCUT2D eigenvalue weighted by Crippen LogP contribution is 2.32. The first kappa shape index (κ1) is 21.8. The number of anilines is 2. The number of aliphatic hydroxyl groups excluding tert-OH is 2. The molecular formula is C17H19N7O7S. The Labute approximate surface area is 181 Å². The van der Waals surface area contributed by atoms with E-state index in [2.05, 4.69) is 15.0 Å². The first-order chi connectivity index (χ1) is 15.2. The third-order valence-corrected chi connectivity index (χ3v) is 5.66. The molecule has 4 rings (SSSR count). The minimum Gasteiger partial charge on any atom is -0.399 e. The Morgan fingerprint density at radius 1 is 1.16 bits per heavy atom. The number of aliphatic hydroxyl groups is 2. The fourth-order valence-corrected chi connectivity index (χ4v) is 3.86. The highest BCUT2D eigenvalue weighted by atomic mass is 32.2. The number of ether oxygens (including phenoxy) is 1. The smallest absolute Gasteiger partial charge is 0.362 e. The van der Waals surface area contributed by atoms with Crippen molar-refractivity contribution >= 4 is 38.9 Å². The zero-order valence-corrected chi connectivity index (χ0v) is 17.1. The van der Waals surface area contributed by atoms with Crippen LogP contribution in [0.25, 0.3) is 11.2 Å². The predicted octanol–water partition coefficient (Wildman–Crippen LogP) is -1.70. The largest absolute Gasteiger partial charge is 0.399 e. The number of fused-ring (bicyclic) bond motifs is 1. The van der Waals surface area contributed by atoms with Crippen LogP contribution in [0.15, 0.2) is 36.9 Å². The first-order valence-corrected chi connectivity index (χ1v) is 10.6. The highest BCUT2D eigenvalue weighted by Gasteiger charge is 2.45. The second kappa shape index (κ2) is 8.29. The zero-order chi connectivity index (χ0) is 23.0. The second-order valence-corrected chi connectivity index (χ2v) is 8.27. The quantitative estimate of drug-likeness (QED) is 0.257. The van der Waals surface area contributed by atoms with Crippen LogP contribution < -0.4 is 16.2 Å². The van der Waals surface area contributed by atoms with Gasteiger partial charge in [0.05, 0.1) is 12.9 Å². The molecule has 1 aliphatic heterocycles. The number of aromatic nitrogens is 4. The Bertz CT molecular complexity index is 1250. The van der Waals surface area contributed by atoms with Crippen LogP contribution in [0.5, 0.6) is 0 Å². The van der Waals surface area contributed by atoms with Gasteiger partial charge >= 0.3 is 10.3 Å². The fourth-order valence-electron chi connectivity index (χ4n) is 3.15. The Morgan fingerprint density at radius 3 is 2.59 bits per heavy atom. The van der Waals surface area contributed by atoms with Gasteiger partial charge < -0.3 is 26.4 Å². The lowest BCUT2D eigenvalue weighted by atomic mass is 10.1. The highest BCUT2D eigenvalue weighted by molar-refractivity contribution is 7.85. The van der Waals surface area contributed by atoms with Crippen LogP contribution in [-0.4, -0.2) is 69.0 Å². The fraction of sp³-hybridized carbons (Fsp3) is 0.294. The summed E-state index contributed by atoms with van der Waals surface area (Å²) in [5.41, 5.74) is 12.2. The van der Waals surface area contributed by atoms with Gasteiger partial charge in [-0.1, -0.05) is 0 Å². The maximum absolute atomic E-state index is 12.1. The van der Waals surface area contributed by atoms with E-state index in [-0.39, 0.29) is 22.5 Å². The van der Waals surface area contributed by atoms with Crippen LogP contribution in [0.1, 0.15) is 16.6 Å². The number of nitrogens with two attached hydrogens (primary N) is 2. The van der Waals surface area contributed by atoms with E-state index in [1.54, 1.807) is 4.72 Å². The summed E-state index contributed by atoms with van der Waals surface area (Å²) in [6, 6.07) is 5.56. The standard InChI is InChI=1S/C17H19N7O7S/c18-9-3-1-8(2-4-9)16(27)23-32(28,29)30-5-10-12(25)13(26)17(31-10)24-7-22-11-14(19)20-6-21-15(11)24/h1-4,6-7,10,12-13,17,25-26H,5,18H2,(H,23,27)(H2,19,20,21)/t10-,12-,13-,17-/m1/s1. The third kappa shape index (κ3) is 4.19. The average Bonchev–Trinajstić information content (AvgIpc) is 3.29. The molecule has 0 aliphatic carbocycles. The second-order valence-electron chi connectivity index (χ2n) is 6.92. The van der Waals surface area contributed by atoms with E-state index in [0.29, 0.717) is 5.69 Å². The number of amides is 1. The van der Waals surface area contributed by atoms with Gasteiger partial charge in [0.15, 0.2) is 17.7 Å². The Kier molecular flexibility index (Phi) is 5.66. The van der Waals surface area contributed by atoms with Crippen LogP contribution in [0, 0.1) is 0 Å². The molecule has 0 bridgehead atoms. The van der Waals surface area contributed by atoms with Gasteiger partial charge in [-0.05, 0) is 24.3 Å². The van der Waals surface area contributed by atoms with Crippen LogP contribution in [0.3, 0.4) is 0 Å². The van der Waals surface area contributed by atoms with E-state index < -0.39 is 47.4 Å². The molecule has 1 saturated heterocycles. The first-order valence-electron chi connectivity index (χ1n) is 9.18. The van der Waals surface area contributed by atoms with Crippen molar-refractivity contribution in [2.75, 3.05) is 18.1 Å². The molecule has 1 aromatic carbocycles. The van der Waals surface area contributed by atoms with E-state index >= 15 is 0 Å². The van der Waals surface area contributed by atoms with Crippen LogP contribution >= 0.6 is 0 Å². The minimum atomic E-state index is -4.54. The number of nitrogen functional groups attached to an aromatic ring is 2. The maximum Gasteiger partial charge on any atom is 0.362 e. The maximum atomic E-state index is 12.1. The molecule has 170 valence electrons. The van der Waals surface area contributed by atoms with E-state index in [4.69, 9.17) is 20.4 Å². The monoisotopic (exact) mass is 465 g/mol. The van der Waals surface area contributed by atoms with Crippen molar-refractivity contribution in [2.24, 2.45) is 0 Å². The third-order valence-electron chi connectivity index (χ3n) is 4.78. The molecule has 0 radical (unpaired) electrons. The summed E-state index contributed by atoms with van der Waals surface area (Å²) in [7, 11) is -4.54. The molecule has 1 amide bonds. The number of rotatable bonds is 6. The molecule has 3 heterocycles. The molecule has 7 N–H and O–H groups in total. The Balaban J connectivity index is 1.42. The van der Waals surface area contributed by atoms with E-state index in [0.717, 1.165) is 0 Å². The Hall–Kier alpha value is -3.37. The molecule has 4 atom stereocenters. The number of hydrogen-bond acceptors (Lipinski definition) is 12. The van der Waals surface area contributed by atoms with Crippen molar-refractivity contribution < 1.29 is 32.3 Å². The van der Waals surface area contributed by atoms with Crippen LogP contribution in [0.4, 0.5) is 11.5 Å². The number of nitrogens with one attached hydrogen (secondary N) is 1. The van der Waals surface area contributed by atoms with Gasteiger partial charge in [0, 0.05) is 11.3 Å². The zero-order valence-electron chi connectivity index (χ0n) is 16.3. The summed E-state index contributed by atoms with van der Waals surface area (Å²) in [6.07, 6.45) is -2.85. The van der Waals surface area contributed by atoms with Gasteiger partial charge in [-0.25, -0.2) is 19.7 Å². The molecule has 15 heteroatoms. The van der Waals surface area contributed by atoms with E-state index in [1.165, 1.54) is 41.5 Å². The molecule has 0 spiro atoms. The summed E-state index contributed by atoms with van der Waals surface area (Å²) < 4.78 is 37.7. The number of benzene rings is 1. The number of imidazole rings is 1. The molecule has 0 unspecified atom stereocenters. The van der Waals surface area contributed by atoms with Gasteiger partial charge in [-0.3, -0.25) is 13.5 Å². The number of hydrogen-bond donors (Lipinski definition) is 5. The van der Waals surface area contributed by atoms with Crippen molar-refractivity contribution in [1.82, 2.24) is 24.2 Å². The van der Waals surface area contributed by atoms with Gasteiger partial charge in [0.25, 0.3) is 5.91 Å². The lowest BCUT2D eigenvalue weighted by molar-refractivity contribution is -0.0468. The van der Waals surface area contributed by atoms with Crippen molar-refractivity contribution in [3.8, 4) is 0 Å². The summed E-state index contributed by atoms with van der Waals surface area (Å²) in [6.45, 7) is -0.678. The van der Waals surface area contributed by atoms with Crippen molar-refractivity contribution in [2.45, 2.75) is 24.5 Å². The number of nitrogens with zero attached hydrogens (tertiary/aromatic N) is 4. The summed E-state index contributed by atoms with van der Waals surface area (Å²) in [5.74, 6) is -0.817. The minimum absolute atomic E-state index is 0.0484.